The van der Waals surface area contributed by atoms with Gasteiger partial charge in [0, 0.05) is 19.0 Å². The Morgan fingerprint density at radius 3 is 2.44 bits per heavy atom. The van der Waals surface area contributed by atoms with Gasteiger partial charge in [-0.05, 0) is 31.1 Å². The maximum atomic E-state index is 4.36. The van der Waals surface area contributed by atoms with Gasteiger partial charge in [-0.2, -0.15) is 0 Å². The zero-order valence-corrected chi connectivity index (χ0v) is 10.8. The van der Waals surface area contributed by atoms with Gasteiger partial charge in [0.25, 0.3) is 0 Å². The molecule has 2 aliphatic rings. The van der Waals surface area contributed by atoms with Gasteiger partial charge >= 0.3 is 0 Å². The van der Waals surface area contributed by atoms with Crippen molar-refractivity contribution >= 4 is 16.5 Å². The van der Waals surface area contributed by atoms with Crippen molar-refractivity contribution in [1.82, 2.24) is 10.2 Å². The molecule has 4 heteroatoms. The van der Waals surface area contributed by atoms with Crippen LogP contribution in [0.1, 0.15) is 44.0 Å². The van der Waals surface area contributed by atoms with Gasteiger partial charge in [0.1, 0.15) is 5.01 Å². The van der Waals surface area contributed by atoms with Crippen LogP contribution in [-0.4, -0.2) is 23.3 Å². The van der Waals surface area contributed by atoms with Crippen molar-refractivity contribution in [3.05, 3.63) is 5.01 Å². The molecule has 2 heterocycles. The topological polar surface area (TPSA) is 29.0 Å². The molecule has 3 rings (SSSR count). The minimum atomic E-state index is 0.742. The van der Waals surface area contributed by atoms with Crippen LogP contribution in [0.5, 0.6) is 0 Å². The molecular weight excluding hydrogens is 218 g/mol. The van der Waals surface area contributed by atoms with E-state index in [9.17, 15) is 0 Å². The number of aromatic nitrogens is 2. The molecule has 2 atom stereocenters. The lowest BCUT2D eigenvalue weighted by molar-refractivity contribution is 0.356. The molecule has 0 spiro atoms. The fraction of sp³-hybridized carbons (Fsp3) is 0.833. The first kappa shape index (κ1) is 10.5. The van der Waals surface area contributed by atoms with Crippen LogP contribution < -0.4 is 4.90 Å². The summed E-state index contributed by atoms with van der Waals surface area (Å²) in [6.07, 6.45) is 3.99. The minimum absolute atomic E-state index is 0.742. The van der Waals surface area contributed by atoms with Crippen molar-refractivity contribution in [3.63, 3.8) is 0 Å². The van der Waals surface area contributed by atoms with Gasteiger partial charge in [0.05, 0.1) is 0 Å². The largest absolute Gasteiger partial charge is 0.346 e. The van der Waals surface area contributed by atoms with Crippen molar-refractivity contribution in [2.45, 2.75) is 39.0 Å². The molecule has 0 N–H and O–H groups in total. The lowest BCUT2D eigenvalue weighted by atomic mass is 9.92. The summed E-state index contributed by atoms with van der Waals surface area (Å²) in [5.41, 5.74) is 0. The van der Waals surface area contributed by atoms with Crippen LogP contribution in [-0.2, 0) is 0 Å². The van der Waals surface area contributed by atoms with Crippen molar-refractivity contribution in [2.24, 2.45) is 11.8 Å². The third-order valence-corrected chi connectivity index (χ3v) is 4.64. The first-order valence-electron chi connectivity index (χ1n) is 6.30. The van der Waals surface area contributed by atoms with Gasteiger partial charge < -0.3 is 4.90 Å². The molecule has 0 bridgehead atoms. The molecular formula is C12H19N3S. The highest BCUT2D eigenvalue weighted by Crippen LogP contribution is 2.43. The van der Waals surface area contributed by atoms with E-state index >= 15 is 0 Å². The average Bonchev–Trinajstić information content (AvgIpc) is 2.95. The van der Waals surface area contributed by atoms with Gasteiger partial charge in [0.2, 0.25) is 5.13 Å². The summed E-state index contributed by atoms with van der Waals surface area (Å²) < 4.78 is 0. The molecule has 0 aromatic carbocycles. The maximum absolute atomic E-state index is 4.36. The normalized spacial score (nSPS) is 30.8. The molecule has 1 saturated heterocycles. The van der Waals surface area contributed by atoms with Crippen LogP contribution in [0.15, 0.2) is 0 Å². The quantitative estimate of drug-likeness (QED) is 0.792. The Hall–Kier alpha value is -0.640. The third-order valence-electron chi connectivity index (χ3n) is 3.50. The monoisotopic (exact) mass is 237 g/mol. The van der Waals surface area contributed by atoms with Crippen LogP contribution in [0.2, 0.25) is 0 Å². The van der Waals surface area contributed by atoms with E-state index in [0.29, 0.717) is 0 Å². The minimum Gasteiger partial charge on any atom is -0.346 e. The Morgan fingerprint density at radius 2 is 1.81 bits per heavy atom. The number of anilines is 1. The Labute approximate surface area is 101 Å². The Bertz CT molecular complexity index is 362. The van der Waals surface area contributed by atoms with Crippen LogP contribution in [0.3, 0.4) is 0 Å². The van der Waals surface area contributed by atoms with Crippen LogP contribution >= 0.6 is 11.3 Å². The highest BCUT2D eigenvalue weighted by molar-refractivity contribution is 7.15. The van der Waals surface area contributed by atoms with E-state index in [2.05, 4.69) is 28.9 Å². The van der Waals surface area contributed by atoms with E-state index in [4.69, 9.17) is 0 Å². The summed E-state index contributed by atoms with van der Waals surface area (Å²) >= 11 is 1.82. The second-order valence-electron chi connectivity index (χ2n) is 5.55. The van der Waals surface area contributed by atoms with E-state index < -0.39 is 0 Å². The van der Waals surface area contributed by atoms with Crippen LogP contribution in [0.4, 0.5) is 5.13 Å². The van der Waals surface area contributed by atoms with Crippen molar-refractivity contribution in [2.75, 3.05) is 18.0 Å². The summed E-state index contributed by atoms with van der Waals surface area (Å²) in [5, 5.41) is 11.1. The van der Waals surface area contributed by atoms with E-state index in [1.165, 1.54) is 24.3 Å². The first-order chi connectivity index (χ1) is 7.72. The Morgan fingerprint density at radius 1 is 1.12 bits per heavy atom. The predicted octanol–water partition coefficient (Wildman–Crippen LogP) is 2.90. The highest BCUT2D eigenvalue weighted by atomic mass is 32.1. The maximum Gasteiger partial charge on any atom is 0.208 e. The molecule has 3 nitrogen and oxygen atoms in total. The number of piperidine rings is 1. The standard InChI is InChI=1S/C12H19N3S/c1-8-5-9(2)7-15(6-8)12-14-13-11(16-12)10-3-4-10/h8-10H,3-7H2,1-2H3. The number of rotatable bonds is 2. The molecule has 1 aromatic rings. The predicted molar refractivity (Wildman–Crippen MR) is 67.0 cm³/mol. The molecule has 16 heavy (non-hydrogen) atoms. The van der Waals surface area contributed by atoms with E-state index in [0.717, 1.165) is 36.0 Å². The fourth-order valence-corrected chi connectivity index (χ4v) is 3.70. The summed E-state index contributed by atoms with van der Waals surface area (Å²) in [6.45, 7) is 6.99. The summed E-state index contributed by atoms with van der Waals surface area (Å²) in [7, 11) is 0. The van der Waals surface area contributed by atoms with E-state index in [-0.39, 0.29) is 0 Å². The number of nitrogens with zero attached hydrogens (tertiary/aromatic N) is 3. The second-order valence-corrected chi connectivity index (χ2v) is 6.54. The molecule has 0 amide bonds. The molecule has 2 fully saturated rings. The summed E-state index contributed by atoms with van der Waals surface area (Å²) in [6, 6.07) is 0. The lowest BCUT2D eigenvalue weighted by Crippen LogP contribution is -2.38. The number of hydrogen-bond donors (Lipinski definition) is 0. The highest BCUT2D eigenvalue weighted by Gasteiger charge is 2.30. The third kappa shape index (κ3) is 2.08. The molecule has 1 saturated carbocycles. The van der Waals surface area contributed by atoms with Gasteiger partial charge in [-0.25, -0.2) is 0 Å². The van der Waals surface area contributed by atoms with Crippen molar-refractivity contribution in [1.29, 1.82) is 0 Å². The molecule has 1 aliphatic heterocycles. The molecule has 1 aromatic heterocycles. The summed E-state index contributed by atoms with van der Waals surface area (Å²) in [4.78, 5) is 2.43. The fourth-order valence-electron chi connectivity index (χ4n) is 2.67. The van der Waals surface area contributed by atoms with Crippen molar-refractivity contribution < 1.29 is 0 Å². The molecule has 1 aliphatic carbocycles. The smallest absolute Gasteiger partial charge is 0.208 e. The van der Waals surface area contributed by atoms with E-state index in [1.54, 1.807) is 0 Å². The lowest BCUT2D eigenvalue weighted by Gasteiger charge is -2.34. The van der Waals surface area contributed by atoms with E-state index in [1.807, 2.05) is 11.3 Å². The van der Waals surface area contributed by atoms with Crippen molar-refractivity contribution in [3.8, 4) is 0 Å². The number of hydrogen-bond acceptors (Lipinski definition) is 4. The van der Waals surface area contributed by atoms with Gasteiger partial charge in [0.15, 0.2) is 0 Å². The van der Waals surface area contributed by atoms with Gasteiger partial charge in [-0.1, -0.05) is 25.2 Å². The van der Waals surface area contributed by atoms with Crippen LogP contribution in [0.25, 0.3) is 0 Å². The SMILES string of the molecule is CC1CC(C)CN(c2nnc(C3CC3)s2)C1. The van der Waals surface area contributed by atoms with Crippen LogP contribution in [0, 0.1) is 11.8 Å². The summed E-state index contributed by atoms with van der Waals surface area (Å²) in [5.74, 6) is 2.32. The first-order valence-corrected chi connectivity index (χ1v) is 7.12. The Balaban J connectivity index is 1.74. The Kier molecular flexibility index (Phi) is 2.62. The average molecular weight is 237 g/mol. The second kappa shape index (κ2) is 3.99. The zero-order chi connectivity index (χ0) is 11.1. The molecule has 2 unspecified atom stereocenters. The zero-order valence-electron chi connectivity index (χ0n) is 10.0. The molecule has 88 valence electrons. The molecule has 0 radical (unpaired) electrons. The van der Waals surface area contributed by atoms with Gasteiger partial charge in [-0.15, -0.1) is 10.2 Å². The van der Waals surface area contributed by atoms with Gasteiger partial charge in [-0.3, -0.25) is 0 Å².